The van der Waals surface area contributed by atoms with E-state index >= 15 is 4.39 Å². The molecule has 0 aliphatic carbocycles. The van der Waals surface area contributed by atoms with E-state index < -0.39 is 5.82 Å². The van der Waals surface area contributed by atoms with Crippen LogP contribution in [0.4, 0.5) is 4.39 Å². The monoisotopic (exact) mass is 390 g/mol. The molecule has 5 rings (SSSR count). The zero-order chi connectivity index (χ0) is 20.3. The Morgan fingerprint density at radius 2 is 2.07 bits per heavy atom. The van der Waals surface area contributed by atoms with E-state index in [9.17, 15) is 9.59 Å². The number of fused-ring (bicyclic) bond motifs is 2. The maximum atomic E-state index is 15.6. The molecule has 1 N–H and O–H groups in total. The lowest BCUT2D eigenvalue weighted by Gasteiger charge is -2.43. The van der Waals surface area contributed by atoms with Gasteiger partial charge >= 0.3 is 0 Å². The van der Waals surface area contributed by atoms with Gasteiger partial charge in [-0.1, -0.05) is 24.8 Å². The standard InChI is InChI=1S/C22H19FN4O2/c1-3-18(28)26-10-14(11-26)27-9-13-5-6-15(21(23)20(13)22(27)29)19-12(2)4-7-17-16(19)8-24-25-17/h3-8,14H,1,9-11H2,2H3,(H,24,25). The minimum Gasteiger partial charge on any atom is -0.335 e. The van der Waals surface area contributed by atoms with Crippen LogP contribution in [0.5, 0.6) is 0 Å². The summed E-state index contributed by atoms with van der Waals surface area (Å²) in [5.74, 6) is -0.959. The molecule has 0 radical (unpaired) electrons. The Kier molecular flexibility index (Phi) is 3.81. The van der Waals surface area contributed by atoms with Crippen LogP contribution >= 0.6 is 0 Å². The average Bonchev–Trinajstić information content (AvgIpc) is 3.27. The zero-order valence-corrected chi connectivity index (χ0v) is 15.9. The number of rotatable bonds is 3. The summed E-state index contributed by atoms with van der Waals surface area (Å²) in [6.07, 6.45) is 2.94. The van der Waals surface area contributed by atoms with E-state index in [1.54, 1.807) is 22.1 Å². The molecule has 1 aromatic heterocycles. The van der Waals surface area contributed by atoms with Crippen LogP contribution in [0.15, 0.2) is 43.1 Å². The molecule has 0 spiro atoms. The highest BCUT2D eigenvalue weighted by Crippen LogP contribution is 2.38. The number of H-pyrrole nitrogens is 1. The number of nitrogens with zero attached hydrogens (tertiary/aromatic N) is 3. The second-order valence-electron chi connectivity index (χ2n) is 7.58. The molecule has 146 valence electrons. The first-order chi connectivity index (χ1) is 14.0. The summed E-state index contributed by atoms with van der Waals surface area (Å²) in [6.45, 7) is 6.66. The minimum absolute atomic E-state index is 0.0966. The highest BCUT2D eigenvalue weighted by atomic mass is 19.1. The van der Waals surface area contributed by atoms with E-state index in [0.29, 0.717) is 30.8 Å². The van der Waals surface area contributed by atoms with Crippen LogP contribution in [0.25, 0.3) is 22.0 Å². The van der Waals surface area contributed by atoms with Crippen molar-refractivity contribution < 1.29 is 14.0 Å². The third kappa shape index (κ3) is 2.50. The number of amides is 2. The van der Waals surface area contributed by atoms with E-state index in [0.717, 1.165) is 22.0 Å². The van der Waals surface area contributed by atoms with E-state index in [4.69, 9.17) is 0 Å². The first-order valence-corrected chi connectivity index (χ1v) is 9.46. The predicted molar refractivity (Wildman–Crippen MR) is 107 cm³/mol. The van der Waals surface area contributed by atoms with Crippen molar-refractivity contribution in [2.45, 2.75) is 19.5 Å². The number of aryl methyl sites for hydroxylation is 1. The van der Waals surface area contributed by atoms with Crippen molar-refractivity contribution in [2.75, 3.05) is 13.1 Å². The molecule has 29 heavy (non-hydrogen) atoms. The molecule has 7 heteroatoms. The number of halogens is 1. The third-order valence-electron chi connectivity index (χ3n) is 5.93. The second-order valence-corrected chi connectivity index (χ2v) is 7.58. The molecule has 1 fully saturated rings. The molecular weight excluding hydrogens is 371 g/mol. The van der Waals surface area contributed by atoms with Crippen LogP contribution in [-0.2, 0) is 11.3 Å². The average molecular weight is 390 g/mol. The lowest BCUT2D eigenvalue weighted by Crippen LogP contribution is -2.60. The smallest absolute Gasteiger partial charge is 0.257 e. The first kappa shape index (κ1) is 17.6. The maximum absolute atomic E-state index is 15.6. The summed E-state index contributed by atoms with van der Waals surface area (Å²) >= 11 is 0. The molecule has 0 atom stereocenters. The minimum atomic E-state index is -0.495. The van der Waals surface area contributed by atoms with E-state index in [-0.39, 0.29) is 23.4 Å². The molecule has 0 unspecified atom stereocenters. The third-order valence-corrected chi connectivity index (χ3v) is 5.93. The molecule has 3 heterocycles. The van der Waals surface area contributed by atoms with Crippen molar-refractivity contribution in [2.24, 2.45) is 0 Å². The number of benzene rings is 2. The summed E-state index contributed by atoms with van der Waals surface area (Å²) < 4.78 is 15.6. The number of nitrogens with one attached hydrogen (secondary N) is 1. The van der Waals surface area contributed by atoms with Crippen molar-refractivity contribution >= 4 is 22.7 Å². The van der Waals surface area contributed by atoms with Crippen LogP contribution in [-0.4, -0.2) is 50.9 Å². The number of likely N-dealkylation sites (tertiary alicyclic amines) is 1. The molecule has 0 bridgehead atoms. The van der Waals surface area contributed by atoms with Gasteiger partial charge in [0.25, 0.3) is 5.91 Å². The Morgan fingerprint density at radius 1 is 1.28 bits per heavy atom. The van der Waals surface area contributed by atoms with Gasteiger partial charge in [0.1, 0.15) is 5.82 Å². The number of aromatic amines is 1. The van der Waals surface area contributed by atoms with E-state index in [2.05, 4.69) is 16.8 Å². The first-order valence-electron chi connectivity index (χ1n) is 9.46. The summed E-state index contributed by atoms with van der Waals surface area (Å²) in [5.41, 5.74) is 3.70. The fraction of sp³-hybridized carbons (Fsp3) is 0.227. The molecule has 0 saturated carbocycles. The maximum Gasteiger partial charge on any atom is 0.257 e. The zero-order valence-electron chi connectivity index (χ0n) is 15.9. The predicted octanol–water partition coefficient (Wildman–Crippen LogP) is 3.03. The highest BCUT2D eigenvalue weighted by Gasteiger charge is 2.42. The summed E-state index contributed by atoms with van der Waals surface area (Å²) in [4.78, 5) is 28.0. The van der Waals surface area contributed by atoms with Crippen molar-refractivity contribution in [1.29, 1.82) is 0 Å². The van der Waals surface area contributed by atoms with Gasteiger partial charge in [0.05, 0.1) is 23.3 Å². The number of carbonyl (C=O) groups is 2. The number of hydrogen-bond donors (Lipinski definition) is 1. The molecule has 2 aromatic carbocycles. The molecule has 6 nitrogen and oxygen atoms in total. The van der Waals surface area contributed by atoms with Crippen molar-refractivity contribution in [3.05, 3.63) is 65.6 Å². The van der Waals surface area contributed by atoms with Gasteiger partial charge in [0.15, 0.2) is 0 Å². The fourth-order valence-corrected chi connectivity index (χ4v) is 4.31. The Hall–Kier alpha value is -3.48. The quantitative estimate of drug-likeness (QED) is 0.699. The Labute approximate surface area is 166 Å². The van der Waals surface area contributed by atoms with Gasteiger partial charge in [-0.3, -0.25) is 14.7 Å². The Morgan fingerprint density at radius 3 is 2.83 bits per heavy atom. The van der Waals surface area contributed by atoms with Gasteiger partial charge in [-0.05, 0) is 35.8 Å². The van der Waals surface area contributed by atoms with E-state index in [1.807, 2.05) is 25.1 Å². The second kappa shape index (κ2) is 6.27. The highest BCUT2D eigenvalue weighted by molar-refractivity contribution is 6.03. The largest absolute Gasteiger partial charge is 0.335 e. The lowest BCUT2D eigenvalue weighted by molar-refractivity contribution is -0.132. The molecular formula is C22H19FN4O2. The fourth-order valence-electron chi connectivity index (χ4n) is 4.31. The van der Waals surface area contributed by atoms with Gasteiger partial charge in [-0.15, -0.1) is 0 Å². The van der Waals surface area contributed by atoms with Crippen molar-refractivity contribution in [3.63, 3.8) is 0 Å². The summed E-state index contributed by atoms with van der Waals surface area (Å²) in [5, 5.41) is 7.79. The van der Waals surface area contributed by atoms with Crippen LogP contribution in [0.3, 0.4) is 0 Å². The lowest BCUT2D eigenvalue weighted by atomic mass is 9.93. The normalized spacial score (nSPS) is 16.3. The Bertz CT molecular complexity index is 1190. The molecule has 1 saturated heterocycles. The topological polar surface area (TPSA) is 69.3 Å². The van der Waals surface area contributed by atoms with Crippen molar-refractivity contribution in [1.82, 2.24) is 20.0 Å². The molecule has 2 aliphatic heterocycles. The summed E-state index contributed by atoms with van der Waals surface area (Å²) in [6, 6.07) is 7.30. The molecule has 2 amide bonds. The summed E-state index contributed by atoms with van der Waals surface area (Å²) in [7, 11) is 0. The van der Waals surface area contributed by atoms with Gasteiger partial charge in [-0.25, -0.2) is 4.39 Å². The van der Waals surface area contributed by atoms with Crippen LogP contribution in [0.1, 0.15) is 21.5 Å². The van der Waals surface area contributed by atoms with Crippen molar-refractivity contribution in [3.8, 4) is 11.1 Å². The number of hydrogen-bond acceptors (Lipinski definition) is 3. The van der Waals surface area contributed by atoms with Gasteiger partial charge in [0.2, 0.25) is 5.91 Å². The van der Waals surface area contributed by atoms with Gasteiger partial charge < -0.3 is 9.80 Å². The van der Waals surface area contributed by atoms with E-state index in [1.165, 1.54) is 6.08 Å². The SMILES string of the molecule is C=CC(=O)N1CC(N2Cc3ccc(-c4c(C)ccc5[nH]ncc45)c(F)c3C2=O)C1. The Balaban J connectivity index is 1.51. The molecule has 2 aliphatic rings. The van der Waals surface area contributed by atoms with Crippen LogP contribution in [0.2, 0.25) is 0 Å². The molecule has 3 aromatic rings. The van der Waals surface area contributed by atoms with Crippen LogP contribution < -0.4 is 0 Å². The number of carbonyl (C=O) groups excluding carboxylic acids is 2. The van der Waals surface area contributed by atoms with Gasteiger partial charge in [-0.2, -0.15) is 5.10 Å². The number of aromatic nitrogens is 2. The van der Waals surface area contributed by atoms with Crippen LogP contribution in [0, 0.1) is 12.7 Å². The van der Waals surface area contributed by atoms with Gasteiger partial charge in [0, 0.05) is 30.6 Å².